The average Bonchev–Trinajstić information content (AvgIpc) is 3.18. The van der Waals surface area contributed by atoms with E-state index in [9.17, 15) is 4.79 Å². The second-order valence-corrected chi connectivity index (χ2v) is 5.86. The number of hydrogen-bond acceptors (Lipinski definition) is 4. The van der Waals surface area contributed by atoms with Crippen molar-refractivity contribution < 1.29 is 19.0 Å². The van der Waals surface area contributed by atoms with E-state index >= 15 is 0 Å². The minimum absolute atomic E-state index is 0.0616. The highest BCUT2D eigenvalue weighted by Gasteiger charge is 2.63. The number of rotatable bonds is 5. The topological polar surface area (TPSA) is 44.8 Å². The molecule has 3 atom stereocenters. The van der Waals surface area contributed by atoms with Crippen LogP contribution in [0.1, 0.15) is 24.0 Å². The molecule has 2 aromatic rings. The summed E-state index contributed by atoms with van der Waals surface area (Å²) >= 11 is 0. The van der Waals surface area contributed by atoms with Crippen molar-refractivity contribution in [3.8, 4) is 11.5 Å². The Morgan fingerprint density at radius 3 is 2.78 bits per heavy atom. The summed E-state index contributed by atoms with van der Waals surface area (Å²) in [6, 6.07) is 15.9. The van der Waals surface area contributed by atoms with Crippen molar-refractivity contribution in [1.29, 1.82) is 0 Å². The molecule has 4 nitrogen and oxygen atoms in total. The SMILES string of the molecule is CCOC(=O)C1C2Oc3ccc(OCc4ccccc4)cc3C21. The maximum Gasteiger partial charge on any atom is 0.313 e. The van der Waals surface area contributed by atoms with Crippen LogP contribution in [0.3, 0.4) is 0 Å². The number of benzene rings is 2. The summed E-state index contributed by atoms with van der Waals surface area (Å²) in [4.78, 5) is 11.9. The maximum atomic E-state index is 11.9. The molecule has 23 heavy (non-hydrogen) atoms. The molecular weight excluding hydrogens is 292 g/mol. The van der Waals surface area contributed by atoms with Gasteiger partial charge in [-0.2, -0.15) is 0 Å². The fraction of sp³-hybridized carbons (Fsp3) is 0.316. The molecule has 2 aliphatic rings. The lowest BCUT2D eigenvalue weighted by atomic mass is 10.1. The largest absolute Gasteiger partial charge is 0.489 e. The van der Waals surface area contributed by atoms with E-state index in [0.717, 1.165) is 22.6 Å². The van der Waals surface area contributed by atoms with Gasteiger partial charge in [0.25, 0.3) is 0 Å². The van der Waals surface area contributed by atoms with Gasteiger partial charge in [0.2, 0.25) is 0 Å². The third-order valence-electron chi connectivity index (χ3n) is 4.36. The van der Waals surface area contributed by atoms with Crippen LogP contribution in [0.25, 0.3) is 0 Å². The number of fused-ring (bicyclic) bond motifs is 3. The van der Waals surface area contributed by atoms with Gasteiger partial charge in [0.15, 0.2) is 0 Å². The van der Waals surface area contributed by atoms with Crippen LogP contribution in [-0.2, 0) is 16.1 Å². The molecule has 0 radical (unpaired) electrons. The Bertz CT molecular complexity index is 725. The predicted molar refractivity (Wildman–Crippen MR) is 84.5 cm³/mol. The lowest BCUT2D eigenvalue weighted by molar-refractivity contribution is -0.145. The molecule has 1 aliphatic heterocycles. The van der Waals surface area contributed by atoms with Crippen LogP contribution in [0.5, 0.6) is 11.5 Å². The van der Waals surface area contributed by atoms with Gasteiger partial charge in [0.05, 0.1) is 6.61 Å². The highest BCUT2D eigenvalue weighted by atomic mass is 16.5. The minimum atomic E-state index is -0.163. The Morgan fingerprint density at radius 2 is 2.00 bits per heavy atom. The van der Waals surface area contributed by atoms with E-state index < -0.39 is 0 Å². The lowest BCUT2D eigenvalue weighted by Gasteiger charge is -2.11. The van der Waals surface area contributed by atoms with Gasteiger partial charge >= 0.3 is 5.97 Å². The summed E-state index contributed by atoms with van der Waals surface area (Å²) < 4.78 is 16.8. The maximum absolute atomic E-state index is 11.9. The van der Waals surface area contributed by atoms with E-state index in [0.29, 0.717) is 13.2 Å². The molecule has 0 amide bonds. The zero-order valence-corrected chi connectivity index (χ0v) is 12.9. The first-order chi connectivity index (χ1) is 11.3. The third-order valence-corrected chi connectivity index (χ3v) is 4.36. The summed E-state index contributed by atoms with van der Waals surface area (Å²) in [6.07, 6.45) is -0.0616. The Morgan fingerprint density at radius 1 is 1.17 bits per heavy atom. The van der Waals surface area contributed by atoms with Crippen LogP contribution in [0.4, 0.5) is 0 Å². The fourth-order valence-electron chi connectivity index (χ4n) is 3.19. The van der Waals surface area contributed by atoms with Gasteiger partial charge in [-0.1, -0.05) is 30.3 Å². The van der Waals surface area contributed by atoms with Gasteiger partial charge in [-0.25, -0.2) is 0 Å². The van der Waals surface area contributed by atoms with Crippen molar-refractivity contribution in [2.24, 2.45) is 5.92 Å². The van der Waals surface area contributed by atoms with E-state index in [1.165, 1.54) is 0 Å². The zero-order valence-electron chi connectivity index (χ0n) is 12.9. The standard InChI is InChI=1S/C19H18O4/c1-2-21-19(20)17-16-14-10-13(8-9-15(14)23-18(16)17)22-11-12-6-4-3-5-7-12/h3-10,16-18H,2,11H2,1H3. The highest BCUT2D eigenvalue weighted by molar-refractivity contribution is 5.80. The number of ether oxygens (including phenoxy) is 3. The summed E-state index contributed by atoms with van der Waals surface area (Å²) in [5.41, 5.74) is 2.18. The molecule has 4 rings (SSSR count). The summed E-state index contributed by atoms with van der Waals surface area (Å²) in [7, 11) is 0. The van der Waals surface area contributed by atoms with Crippen LogP contribution in [0.15, 0.2) is 48.5 Å². The van der Waals surface area contributed by atoms with Crippen LogP contribution in [0.2, 0.25) is 0 Å². The first-order valence-electron chi connectivity index (χ1n) is 7.92. The number of esters is 1. The smallest absolute Gasteiger partial charge is 0.313 e. The summed E-state index contributed by atoms with van der Waals surface area (Å²) in [5, 5.41) is 0. The molecule has 0 bridgehead atoms. The van der Waals surface area contributed by atoms with E-state index in [2.05, 4.69) is 0 Å². The summed E-state index contributed by atoms with van der Waals surface area (Å²) in [6.45, 7) is 2.75. The van der Waals surface area contributed by atoms with Crippen molar-refractivity contribution in [1.82, 2.24) is 0 Å². The summed E-state index contributed by atoms with van der Waals surface area (Å²) in [5.74, 6) is 1.44. The molecule has 0 saturated heterocycles. The molecule has 1 fully saturated rings. The first kappa shape index (κ1) is 14.1. The minimum Gasteiger partial charge on any atom is -0.489 e. The first-order valence-corrected chi connectivity index (χ1v) is 7.92. The van der Waals surface area contributed by atoms with E-state index in [-0.39, 0.29) is 23.9 Å². The molecule has 0 N–H and O–H groups in total. The van der Waals surface area contributed by atoms with Gasteiger partial charge < -0.3 is 14.2 Å². The Labute approximate surface area is 135 Å². The lowest BCUT2D eigenvalue weighted by Crippen LogP contribution is -2.13. The van der Waals surface area contributed by atoms with Crippen LogP contribution >= 0.6 is 0 Å². The number of carbonyl (C=O) groups is 1. The van der Waals surface area contributed by atoms with Crippen molar-refractivity contribution >= 4 is 5.97 Å². The molecule has 4 heteroatoms. The third kappa shape index (κ3) is 2.54. The van der Waals surface area contributed by atoms with Crippen LogP contribution < -0.4 is 9.47 Å². The van der Waals surface area contributed by atoms with Crippen LogP contribution in [0, 0.1) is 5.92 Å². The van der Waals surface area contributed by atoms with Gasteiger partial charge in [-0.05, 0) is 30.7 Å². The van der Waals surface area contributed by atoms with E-state index in [4.69, 9.17) is 14.2 Å². The average molecular weight is 310 g/mol. The molecule has 1 saturated carbocycles. The molecule has 118 valence electrons. The van der Waals surface area contributed by atoms with Crippen LogP contribution in [-0.4, -0.2) is 18.7 Å². The zero-order chi connectivity index (χ0) is 15.8. The Balaban J connectivity index is 1.46. The predicted octanol–water partition coefficient (Wildman–Crippen LogP) is 3.30. The molecule has 1 aliphatic carbocycles. The second-order valence-electron chi connectivity index (χ2n) is 5.86. The quantitative estimate of drug-likeness (QED) is 0.795. The monoisotopic (exact) mass is 310 g/mol. The fourth-order valence-corrected chi connectivity index (χ4v) is 3.19. The van der Waals surface area contributed by atoms with Crippen molar-refractivity contribution in [3.05, 3.63) is 59.7 Å². The molecule has 2 aromatic carbocycles. The molecule has 0 spiro atoms. The number of carbonyl (C=O) groups excluding carboxylic acids is 1. The van der Waals surface area contributed by atoms with Crippen molar-refractivity contribution in [2.45, 2.75) is 25.6 Å². The highest BCUT2D eigenvalue weighted by Crippen LogP contribution is 2.59. The molecular formula is C19H18O4. The van der Waals surface area contributed by atoms with E-state index in [1.54, 1.807) is 0 Å². The van der Waals surface area contributed by atoms with Crippen molar-refractivity contribution in [2.75, 3.05) is 6.61 Å². The molecule has 3 unspecified atom stereocenters. The number of hydrogen-bond donors (Lipinski definition) is 0. The van der Waals surface area contributed by atoms with Gasteiger partial charge in [-0.15, -0.1) is 0 Å². The Kier molecular flexibility index (Phi) is 3.45. The second kappa shape index (κ2) is 5.61. The van der Waals surface area contributed by atoms with Gasteiger partial charge in [0, 0.05) is 11.5 Å². The molecule has 1 heterocycles. The van der Waals surface area contributed by atoms with Gasteiger partial charge in [-0.3, -0.25) is 4.79 Å². The van der Waals surface area contributed by atoms with E-state index in [1.807, 2.05) is 55.5 Å². The van der Waals surface area contributed by atoms with Crippen molar-refractivity contribution in [3.63, 3.8) is 0 Å². The van der Waals surface area contributed by atoms with Gasteiger partial charge in [0.1, 0.15) is 30.1 Å². The Hall–Kier alpha value is -2.49. The molecule has 0 aromatic heterocycles. The normalized spacial score (nSPS) is 23.4.